The lowest BCUT2D eigenvalue weighted by Gasteiger charge is -2.05. The molecule has 0 heterocycles. The van der Waals surface area contributed by atoms with Crippen molar-refractivity contribution in [1.82, 2.24) is 0 Å². The summed E-state index contributed by atoms with van der Waals surface area (Å²) in [5, 5.41) is 3.25. The van der Waals surface area contributed by atoms with Gasteiger partial charge in [-0.05, 0) is 59.3 Å². The minimum Gasteiger partial charge on any atom is -0.385 e. The number of rotatable bonds is 3. The maximum Gasteiger partial charge on any atom is 0.0354 e. The van der Waals surface area contributed by atoms with Crippen LogP contribution in [0.3, 0.4) is 0 Å². The number of halogens is 1. The quantitative estimate of drug-likeness (QED) is 0.801. The van der Waals surface area contributed by atoms with Crippen LogP contribution >= 0.6 is 21.7 Å². The van der Waals surface area contributed by atoms with Crippen LogP contribution in [0.4, 0.5) is 5.69 Å². The van der Waals surface area contributed by atoms with Crippen molar-refractivity contribution in [3.8, 4) is 0 Å². The summed E-state index contributed by atoms with van der Waals surface area (Å²) >= 11 is 0. The van der Waals surface area contributed by atoms with Crippen molar-refractivity contribution in [2.75, 3.05) is 11.9 Å². The molecule has 0 fully saturated rings. The van der Waals surface area contributed by atoms with Gasteiger partial charge in [0.2, 0.25) is 0 Å². The maximum absolute atomic E-state index is 5.66. The Morgan fingerprint density at radius 1 is 1.42 bits per heavy atom. The number of hydrogen-bond donors (Lipinski definition) is 1. The van der Waals surface area contributed by atoms with Crippen molar-refractivity contribution in [3.63, 3.8) is 0 Å². The Labute approximate surface area is 82.0 Å². The summed E-state index contributed by atoms with van der Waals surface area (Å²) in [4.78, 5) is 1.09. The van der Waals surface area contributed by atoms with Crippen LogP contribution < -0.4 is 5.32 Å². The van der Waals surface area contributed by atoms with Crippen molar-refractivity contribution in [2.24, 2.45) is 0 Å². The fourth-order valence-electron chi connectivity index (χ4n) is 1.10. The minimum absolute atomic E-state index is 0.940. The molecule has 1 aromatic carbocycles. The summed E-state index contributed by atoms with van der Waals surface area (Å²) in [5.41, 5.74) is 2.37. The molecule has 0 spiro atoms. The lowest BCUT2D eigenvalue weighted by molar-refractivity contribution is 1.20. The molecule has 1 N–H and O–H groups in total. The number of aryl methyl sites for hydroxylation is 1. The highest BCUT2D eigenvalue weighted by molar-refractivity contribution is 8.21. The molecule has 0 unspecified atom stereocenters. The molecule has 0 radical (unpaired) electrons. The van der Waals surface area contributed by atoms with Gasteiger partial charge in [-0.2, -0.15) is 0 Å². The Morgan fingerprint density at radius 3 is 2.75 bits per heavy atom. The Bertz CT molecular complexity index is 263. The smallest absolute Gasteiger partial charge is 0.0354 e. The van der Waals surface area contributed by atoms with Gasteiger partial charge in [-0.1, -0.05) is 0 Å². The highest BCUT2D eigenvalue weighted by Crippen LogP contribution is 2.26. The Morgan fingerprint density at radius 2 is 2.17 bits per heavy atom. The molecule has 0 saturated carbocycles. The number of hydrogen-bond acceptors (Lipinski definition) is 2. The van der Waals surface area contributed by atoms with Gasteiger partial charge in [-0.25, -0.2) is 0 Å². The van der Waals surface area contributed by atoms with Crippen LogP contribution in [0.1, 0.15) is 12.5 Å². The molecule has 1 nitrogen and oxygen atoms in total. The van der Waals surface area contributed by atoms with Gasteiger partial charge in [0.1, 0.15) is 0 Å². The fourth-order valence-corrected chi connectivity index (χ4v) is 1.77. The van der Waals surface area contributed by atoms with E-state index in [4.69, 9.17) is 10.7 Å². The van der Waals surface area contributed by atoms with Gasteiger partial charge in [0.25, 0.3) is 0 Å². The first kappa shape index (κ1) is 9.75. The molecule has 0 aromatic heterocycles. The van der Waals surface area contributed by atoms with Gasteiger partial charge < -0.3 is 5.32 Å². The predicted octanol–water partition coefficient (Wildman–Crippen LogP) is 3.67. The van der Waals surface area contributed by atoms with E-state index in [0.717, 1.165) is 17.1 Å². The summed E-state index contributed by atoms with van der Waals surface area (Å²) in [7, 11) is 6.92. The molecule has 1 aromatic rings. The standard InChI is InChI=1S/C9H12ClNS/c1-3-11-8-4-7(2)5-9(6-8)12-10/h4-6,11H,3H2,1-2H3. The van der Waals surface area contributed by atoms with Gasteiger partial charge in [-0.15, -0.1) is 0 Å². The Kier molecular flexibility index (Phi) is 3.76. The van der Waals surface area contributed by atoms with Crippen LogP contribution in [-0.2, 0) is 0 Å². The molecule has 3 heteroatoms. The van der Waals surface area contributed by atoms with E-state index in [1.54, 1.807) is 0 Å². The summed E-state index contributed by atoms with van der Waals surface area (Å²) < 4.78 is 0. The second kappa shape index (κ2) is 4.63. The average molecular weight is 202 g/mol. The maximum atomic E-state index is 5.66. The zero-order valence-electron chi connectivity index (χ0n) is 7.23. The third kappa shape index (κ3) is 2.61. The Hall–Kier alpha value is -0.340. The van der Waals surface area contributed by atoms with Gasteiger partial charge in [0.05, 0.1) is 0 Å². The molecule has 1 rings (SSSR count). The minimum atomic E-state index is 0.940. The van der Waals surface area contributed by atoms with E-state index in [2.05, 4.69) is 31.3 Å². The summed E-state index contributed by atoms with van der Waals surface area (Å²) in [6, 6.07) is 6.23. The van der Waals surface area contributed by atoms with Gasteiger partial charge in [-0.3, -0.25) is 0 Å². The molecule has 0 aliphatic carbocycles. The zero-order chi connectivity index (χ0) is 8.97. The van der Waals surface area contributed by atoms with Gasteiger partial charge in [0, 0.05) is 17.1 Å². The molecule has 0 aliphatic heterocycles. The molecule has 0 saturated heterocycles. The lowest BCUT2D eigenvalue weighted by atomic mass is 10.2. The van der Waals surface area contributed by atoms with E-state index >= 15 is 0 Å². The van der Waals surface area contributed by atoms with E-state index in [1.807, 2.05) is 6.07 Å². The highest BCUT2D eigenvalue weighted by Gasteiger charge is 1.96. The van der Waals surface area contributed by atoms with Crippen LogP contribution in [-0.4, -0.2) is 6.54 Å². The first-order valence-corrected chi connectivity index (χ1v) is 5.54. The van der Waals surface area contributed by atoms with Gasteiger partial charge >= 0.3 is 0 Å². The van der Waals surface area contributed by atoms with Crippen LogP contribution in [0.5, 0.6) is 0 Å². The number of anilines is 1. The molecular formula is C9H12ClNS. The van der Waals surface area contributed by atoms with Gasteiger partial charge in [0.15, 0.2) is 0 Å². The van der Waals surface area contributed by atoms with E-state index in [9.17, 15) is 0 Å². The van der Waals surface area contributed by atoms with Crippen molar-refractivity contribution >= 4 is 27.3 Å². The first-order valence-electron chi connectivity index (χ1n) is 3.90. The van der Waals surface area contributed by atoms with Crippen molar-refractivity contribution in [3.05, 3.63) is 23.8 Å². The molecule has 0 atom stereocenters. The SMILES string of the molecule is CCNc1cc(C)cc(SCl)c1. The average Bonchev–Trinajstić information content (AvgIpc) is 2.04. The largest absolute Gasteiger partial charge is 0.385 e. The van der Waals surface area contributed by atoms with Crippen molar-refractivity contribution < 1.29 is 0 Å². The topological polar surface area (TPSA) is 12.0 Å². The zero-order valence-corrected chi connectivity index (χ0v) is 8.80. The second-order valence-corrected chi connectivity index (χ2v) is 3.73. The van der Waals surface area contributed by atoms with E-state index in [0.29, 0.717) is 0 Å². The van der Waals surface area contributed by atoms with Crippen LogP contribution in [0.25, 0.3) is 0 Å². The second-order valence-electron chi connectivity index (χ2n) is 2.64. The lowest BCUT2D eigenvalue weighted by Crippen LogP contribution is -1.96. The van der Waals surface area contributed by atoms with E-state index in [1.165, 1.54) is 16.5 Å². The molecule has 0 bridgehead atoms. The predicted molar refractivity (Wildman–Crippen MR) is 57.1 cm³/mol. The monoisotopic (exact) mass is 201 g/mol. The summed E-state index contributed by atoms with van der Waals surface area (Å²) in [5.74, 6) is 0. The van der Waals surface area contributed by atoms with E-state index < -0.39 is 0 Å². The summed E-state index contributed by atoms with van der Waals surface area (Å²) in [6.07, 6.45) is 0. The molecule has 66 valence electrons. The normalized spacial score (nSPS) is 9.92. The van der Waals surface area contributed by atoms with Crippen LogP contribution in [0.2, 0.25) is 0 Å². The summed E-state index contributed by atoms with van der Waals surface area (Å²) in [6.45, 7) is 5.09. The fraction of sp³-hybridized carbons (Fsp3) is 0.333. The van der Waals surface area contributed by atoms with Crippen LogP contribution in [0, 0.1) is 6.92 Å². The van der Waals surface area contributed by atoms with Crippen LogP contribution in [0.15, 0.2) is 23.1 Å². The molecule has 12 heavy (non-hydrogen) atoms. The first-order chi connectivity index (χ1) is 5.76. The third-order valence-electron chi connectivity index (χ3n) is 1.52. The number of nitrogens with one attached hydrogen (secondary N) is 1. The highest BCUT2D eigenvalue weighted by atomic mass is 35.7. The molecule has 0 aliphatic rings. The van der Waals surface area contributed by atoms with Crippen molar-refractivity contribution in [2.45, 2.75) is 18.7 Å². The Balaban J connectivity index is 2.90. The third-order valence-corrected chi connectivity index (χ3v) is 2.47. The van der Waals surface area contributed by atoms with E-state index in [-0.39, 0.29) is 0 Å². The molecule has 0 amide bonds. The molecular weight excluding hydrogens is 190 g/mol. The van der Waals surface area contributed by atoms with Crippen molar-refractivity contribution in [1.29, 1.82) is 0 Å². The number of benzene rings is 1.